The third kappa shape index (κ3) is 3.11. The first-order valence-corrected chi connectivity index (χ1v) is 10.5. The SMILES string of the molecule is O=C1CNCCN1C1CCCN(S(=O)(=O)c2cccc3ccccc23)C1. The average molecular weight is 373 g/mol. The number of benzene rings is 2. The molecule has 1 unspecified atom stereocenters. The van der Waals surface area contributed by atoms with E-state index in [4.69, 9.17) is 0 Å². The molecule has 2 heterocycles. The lowest BCUT2D eigenvalue weighted by Crippen LogP contribution is -2.57. The summed E-state index contributed by atoms with van der Waals surface area (Å²) < 4.78 is 28.2. The fourth-order valence-electron chi connectivity index (χ4n) is 3.96. The van der Waals surface area contributed by atoms with Crippen LogP contribution in [0.15, 0.2) is 47.4 Å². The second kappa shape index (κ2) is 6.98. The van der Waals surface area contributed by atoms with E-state index in [1.807, 2.05) is 35.2 Å². The van der Waals surface area contributed by atoms with Crippen molar-refractivity contribution in [3.8, 4) is 0 Å². The standard InChI is InChI=1S/C19H23N3O3S/c23-19-13-20-10-12-22(19)16-7-4-11-21(14-16)26(24,25)18-9-3-6-15-5-1-2-8-17(15)18/h1-3,5-6,8-9,16,20H,4,7,10-14H2. The van der Waals surface area contributed by atoms with Crippen molar-refractivity contribution in [2.24, 2.45) is 0 Å². The molecular formula is C19H23N3O3S. The molecule has 0 bridgehead atoms. The summed E-state index contributed by atoms with van der Waals surface area (Å²) >= 11 is 0. The number of amides is 1. The number of sulfonamides is 1. The summed E-state index contributed by atoms with van der Waals surface area (Å²) in [5.41, 5.74) is 0. The summed E-state index contributed by atoms with van der Waals surface area (Å²) in [7, 11) is -3.60. The summed E-state index contributed by atoms with van der Waals surface area (Å²) in [6.07, 6.45) is 1.62. The molecule has 4 rings (SSSR count). The highest BCUT2D eigenvalue weighted by Crippen LogP contribution is 2.28. The van der Waals surface area contributed by atoms with E-state index in [0.29, 0.717) is 31.1 Å². The van der Waals surface area contributed by atoms with Crippen LogP contribution in [0.25, 0.3) is 10.8 Å². The summed E-state index contributed by atoms with van der Waals surface area (Å²) in [5.74, 6) is 0.0608. The van der Waals surface area contributed by atoms with E-state index in [1.54, 1.807) is 16.4 Å². The van der Waals surface area contributed by atoms with E-state index in [-0.39, 0.29) is 11.9 Å². The molecule has 2 aromatic carbocycles. The van der Waals surface area contributed by atoms with Crippen LogP contribution in [0, 0.1) is 0 Å². The van der Waals surface area contributed by atoms with Crippen molar-refractivity contribution in [2.45, 2.75) is 23.8 Å². The average Bonchev–Trinajstić information content (AvgIpc) is 2.68. The first kappa shape index (κ1) is 17.5. The Balaban J connectivity index is 1.64. The van der Waals surface area contributed by atoms with Gasteiger partial charge in [0.25, 0.3) is 0 Å². The fraction of sp³-hybridized carbons (Fsp3) is 0.421. The van der Waals surface area contributed by atoms with E-state index < -0.39 is 10.0 Å². The zero-order valence-corrected chi connectivity index (χ0v) is 15.4. The number of fused-ring (bicyclic) bond motifs is 1. The molecule has 0 spiro atoms. The number of nitrogens with zero attached hydrogens (tertiary/aromatic N) is 2. The minimum Gasteiger partial charge on any atom is -0.336 e. The Kier molecular flexibility index (Phi) is 4.69. The Bertz CT molecular complexity index is 923. The molecule has 1 atom stereocenters. The number of piperidine rings is 1. The minimum absolute atomic E-state index is 0.0388. The molecule has 0 aliphatic carbocycles. The number of carbonyl (C=O) groups is 1. The fourth-order valence-corrected chi connectivity index (χ4v) is 5.69. The molecule has 2 fully saturated rings. The molecular weight excluding hydrogens is 350 g/mol. The van der Waals surface area contributed by atoms with Gasteiger partial charge in [-0.1, -0.05) is 36.4 Å². The highest BCUT2D eigenvalue weighted by molar-refractivity contribution is 7.89. The van der Waals surface area contributed by atoms with Gasteiger partial charge < -0.3 is 10.2 Å². The van der Waals surface area contributed by atoms with Gasteiger partial charge in [-0.15, -0.1) is 0 Å². The Morgan fingerprint density at radius 1 is 1.04 bits per heavy atom. The smallest absolute Gasteiger partial charge is 0.243 e. The molecule has 2 aromatic rings. The topological polar surface area (TPSA) is 69.7 Å². The van der Waals surface area contributed by atoms with Crippen molar-refractivity contribution in [1.82, 2.24) is 14.5 Å². The van der Waals surface area contributed by atoms with Crippen molar-refractivity contribution < 1.29 is 13.2 Å². The van der Waals surface area contributed by atoms with Gasteiger partial charge in [-0.2, -0.15) is 4.31 Å². The van der Waals surface area contributed by atoms with Gasteiger partial charge >= 0.3 is 0 Å². The molecule has 1 N–H and O–H groups in total. The van der Waals surface area contributed by atoms with Crippen LogP contribution in [0.3, 0.4) is 0 Å². The lowest BCUT2D eigenvalue weighted by atomic mass is 10.1. The second-order valence-electron chi connectivity index (χ2n) is 6.90. The van der Waals surface area contributed by atoms with Gasteiger partial charge in [-0.3, -0.25) is 4.79 Å². The maximum Gasteiger partial charge on any atom is 0.243 e. The molecule has 7 heteroatoms. The summed E-state index contributed by atoms with van der Waals surface area (Å²) in [5, 5.41) is 4.73. The highest BCUT2D eigenvalue weighted by Gasteiger charge is 2.35. The Labute approximate surface area is 153 Å². The van der Waals surface area contributed by atoms with Crippen molar-refractivity contribution in [3.63, 3.8) is 0 Å². The lowest BCUT2D eigenvalue weighted by molar-refractivity contribution is -0.135. The molecule has 2 saturated heterocycles. The van der Waals surface area contributed by atoms with E-state index >= 15 is 0 Å². The molecule has 2 aliphatic rings. The minimum atomic E-state index is -3.60. The molecule has 0 radical (unpaired) electrons. The zero-order chi connectivity index (χ0) is 18.1. The third-order valence-electron chi connectivity index (χ3n) is 5.29. The normalized spacial score (nSPS) is 22.7. The van der Waals surface area contributed by atoms with Crippen LogP contribution in [-0.2, 0) is 14.8 Å². The van der Waals surface area contributed by atoms with Crippen LogP contribution < -0.4 is 5.32 Å². The molecule has 2 aliphatic heterocycles. The zero-order valence-electron chi connectivity index (χ0n) is 14.6. The molecule has 1 amide bonds. The molecule has 138 valence electrons. The van der Waals surface area contributed by atoms with E-state index in [9.17, 15) is 13.2 Å². The molecule has 6 nitrogen and oxygen atoms in total. The summed E-state index contributed by atoms with van der Waals surface area (Å²) in [4.78, 5) is 14.4. The van der Waals surface area contributed by atoms with E-state index in [2.05, 4.69) is 5.32 Å². The van der Waals surface area contributed by atoms with E-state index in [0.717, 1.165) is 30.2 Å². The highest BCUT2D eigenvalue weighted by atomic mass is 32.2. The van der Waals surface area contributed by atoms with Gasteiger partial charge in [-0.25, -0.2) is 8.42 Å². The monoisotopic (exact) mass is 373 g/mol. The van der Waals surface area contributed by atoms with Gasteiger partial charge in [0, 0.05) is 37.6 Å². The van der Waals surface area contributed by atoms with Crippen LogP contribution in [0.5, 0.6) is 0 Å². The number of rotatable bonds is 3. The number of hydrogen-bond acceptors (Lipinski definition) is 4. The quantitative estimate of drug-likeness (QED) is 0.884. The maximum atomic E-state index is 13.3. The van der Waals surface area contributed by atoms with Crippen molar-refractivity contribution in [2.75, 3.05) is 32.7 Å². The molecule has 0 saturated carbocycles. The van der Waals surface area contributed by atoms with Crippen LogP contribution in [0.1, 0.15) is 12.8 Å². The van der Waals surface area contributed by atoms with Gasteiger partial charge in [0.2, 0.25) is 15.9 Å². The number of piperazine rings is 1. The largest absolute Gasteiger partial charge is 0.336 e. The Morgan fingerprint density at radius 2 is 1.85 bits per heavy atom. The number of carbonyl (C=O) groups excluding carboxylic acids is 1. The predicted molar refractivity (Wildman–Crippen MR) is 100 cm³/mol. The van der Waals surface area contributed by atoms with Gasteiger partial charge in [0.15, 0.2) is 0 Å². The summed E-state index contributed by atoms with van der Waals surface area (Å²) in [6.45, 7) is 2.62. The van der Waals surface area contributed by atoms with Crippen LogP contribution in [-0.4, -0.2) is 62.3 Å². The van der Waals surface area contributed by atoms with Crippen LogP contribution in [0.2, 0.25) is 0 Å². The third-order valence-corrected chi connectivity index (χ3v) is 7.22. The second-order valence-corrected chi connectivity index (χ2v) is 8.81. The van der Waals surface area contributed by atoms with Crippen LogP contribution in [0.4, 0.5) is 0 Å². The molecule has 26 heavy (non-hydrogen) atoms. The van der Waals surface area contributed by atoms with Gasteiger partial charge in [0.1, 0.15) is 0 Å². The first-order valence-electron chi connectivity index (χ1n) is 9.05. The lowest BCUT2D eigenvalue weighted by Gasteiger charge is -2.40. The van der Waals surface area contributed by atoms with Crippen LogP contribution >= 0.6 is 0 Å². The Morgan fingerprint density at radius 3 is 2.69 bits per heavy atom. The summed E-state index contributed by atoms with van der Waals surface area (Å²) in [6, 6.07) is 12.9. The van der Waals surface area contributed by atoms with Crippen molar-refractivity contribution >= 4 is 26.7 Å². The first-order chi connectivity index (χ1) is 12.6. The van der Waals surface area contributed by atoms with Gasteiger partial charge in [-0.05, 0) is 24.3 Å². The Hall–Kier alpha value is -1.96. The maximum absolute atomic E-state index is 13.3. The van der Waals surface area contributed by atoms with Crippen molar-refractivity contribution in [1.29, 1.82) is 0 Å². The predicted octanol–water partition coefficient (Wildman–Crippen LogP) is 1.42. The van der Waals surface area contributed by atoms with E-state index in [1.165, 1.54) is 0 Å². The number of nitrogens with one attached hydrogen (secondary N) is 1. The molecule has 0 aromatic heterocycles. The van der Waals surface area contributed by atoms with Gasteiger partial charge in [0.05, 0.1) is 11.4 Å². The number of hydrogen-bond donors (Lipinski definition) is 1. The van der Waals surface area contributed by atoms with Crippen molar-refractivity contribution in [3.05, 3.63) is 42.5 Å².